The summed E-state index contributed by atoms with van der Waals surface area (Å²) >= 11 is 0. The number of nitrogens with zero attached hydrogens (tertiary/aromatic N) is 1. The number of likely N-dealkylation sites (tertiary alicyclic amines) is 1. The molecular weight excluding hydrogens is 316 g/mol. The summed E-state index contributed by atoms with van der Waals surface area (Å²) in [6.45, 7) is 2.46. The first kappa shape index (κ1) is 20.0. The number of carbonyl (C=O) groups excluding carboxylic acids is 2. The zero-order valence-electron chi connectivity index (χ0n) is 15.8. The van der Waals surface area contributed by atoms with Crippen molar-refractivity contribution in [2.45, 2.75) is 82.7 Å². The molecule has 2 fully saturated rings. The molecule has 3 amide bonds. The van der Waals surface area contributed by atoms with Crippen molar-refractivity contribution in [2.75, 3.05) is 26.7 Å². The largest absolute Gasteiger partial charge is 0.343 e. The lowest BCUT2D eigenvalue weighted by Gasteiger charge is -2.31. The van der Waals surface area contributed by atoms with E-state index in [0.29, 0.717) is 25.0 Å². The van der Waals surface area contributed by atoms with Gasteiger partial charge in [0.05, 0.1) is 0 Å². The number of unbranched alkanes of at least 4 members (excludes halogenated alkanes) is 2. The number of carbonyl (C=O) groups is 2. The number of hydrogen-bond donors (Lipinski definition) is 3. The lowest BCUT2D eigenvalue weighted by Crippen LogP contribution is -2.43. The summed E-state index contributed by atoms with van der Waals surface area (Å²) in [5.41, 5.74) is 0. The van der Waals surface area contributed by atoms with Crippen molar-refractivity contribution in [3.63, 3.8) is 0 Å². The van der Waals surface area contributed by atoms with Crippen molar-refractivity contribution < 1.29 is 9.59 Å². The second-order valence-corrected chi connectivity index (χ2v) is 7.49. The molecule has 25 heavy (non-hydrogen) atoms. The zero-order valence-corrected chi connectivity index (χ0v) is 15.8. The lowest BCUT2D eigenvalue weighted by molar-refractivity contribution is -0.132. The first-order valence-corrected chi connectivity index (χ1v) is 10.2. The van der Waals surface area contributed by atoms with E-state index >= 15 is 0 Å². The molecule has 0 unspecified atom stereocenters. The minimum absolute atomic E-state index is 0.0321. The fourth-order valence-corrected chi connectivity index (χ4v) is 3.84. The predicted octanol–water partition coefficient (Wildman–Crippen LogP) is 2.39. The van der Waals surface area contributed by atoms with E-state index < -0.39 is 0 Å². The van der Waals surface area contributed by atoms with Crippen LogP contribution in [0.1, 0.15) is 70.6 Å². The van der Waals surface area contributed by atoms with Crippen LogP contribution in [-0.4, -0.2) is 55.6 Å². The molecule has 1 saturated carbocycles. The molecular formula is C19H36N4O2. The van der Waals surface area contributed by atoms with Crippen LogP contribution in [0.25, 0.3) is 0 Å². The van der Waals surface area contributed by atoms with Crippen LogP contribution in [0.3, 0.4) is 0 Å². The average Bonchev–Trinajstić information content (AvgIpc) is 2.65. The van der Waals surface area contributed by atoms with E-state index in [-0.39, 0.29) is 11.9 Å². The molecule has 0 aromatic carbocycles. The van der Waals surface area contributed by atoms with Crippen LogP contribution in [0.15, 0.2) is 0 Å². The Balaban J connectivity index is 1.45. The fourth-order valence-electron chi connectivity index (χ4n) is 3.84. The van der Waals surface area contributed by atoms with Gasteiger partial charge in [0, 0.05) is 38.1 Å². The molecule has 3 N–H and O–H groups in total. The summed E-state index contributed by atoms with van der Waals surface area (Å²) in [6.07, 6.45) is 11.6. The van der Waals surface area contributed by atoms with Gasteiger partial charge in [-0.3, -0.25) is 4.79 Å². The van der Waals surface area contributed by atoms with Crippen LogP contribution in [-0.2, 0) is 4.79 Å². The third kappa shape index (κ3) is 7.63. The van der Waals surface area contributed by atoms with Crippen molar-refractivity contribution in [2.24, 2.45) is 0 Å². The third-order valence-corrected chi connectivity index (χ3v) is 5.55. The smallest absolute Gasteiger partial charge is 0.315 e. The number of nitrogens with one attached hydrogen (secondary N) is 3. The van der Waals surface area contributed by atoms with Gasteiger partial charge in [-0.2, -0.15) is 0 Å². The molecule has 6 heteroatoms. The Hall–Kier alpha value is -1.30. The highest BCUT2D eigenvalue weighted by molar-refractivity contribution is 5.76. The summed E-state index contributed by atoms with van der Waals surface area (Å²) in [7, 11) is 1.99. The van der Waals surface area contributed by atoms with Crippen LogP contribution in [0.2, 0.25) is 0 Å². The molecule has 1 aliphatic carbocycles. The maximum Gasteiger partial charge on any atom is 0.315 e. The summed E-state index contributed by atoms with van der Waals surface area (Å²) < 4.78 is 0. The SMILES string of the molecule is CNC1CCN(C(=O)CCCCCNC(=O)NC2CCCCC2)CC1. The van der Waals surface area contributed by atoms with Crippen LogP contribution < -0.4 is 16.0 Å². The topological polar surface area (TPSA) is 73.5 Å². The summed E-state index contributed by atoms with van der Waals surface area (Å²) in [5, 5.41) is 9.29. The Morgan fingerprint density at radius 3 is 2.32 bits per heavy atom. The van der Waals surface area contributed by atoms with E-state index in [9.17, 15) is 9.59 Å². The average molecular weight is 353 g/mol. The quantitative estimate of drug-likeness (QED) is 0.587. The molecule has 0 aromatic heterocycles. The van der Waals surface area contributed by atoms with Gasteiger partial charge < -0.3 is 20.9 Å². The molecule has 1 saturated heterocycles. The van der Waals surface area contributed by atoms with Gasteiger partial charge in [-0.25, -0.2) is 4.79 Å². The number of hydrogen-bond acceptors (Lipinski definition) is 3. The maximum absolute atomic E-state index is 12.2. The highest BCUT2D eigenvalue weighted by atomic mass is 16.2. The predicted molar refractivity (Wildman–Crippen MR) is 101 cm³/mol. The summed E-state index contributed by atoms with van der Waals surface area (Å²) in [5.74, 6) is 0.289. The lowest BCUT2D eigenvalue weighted by atomic mass is 9.96. The molecule has 0 bridgehead atoms. The molecule has 1 heterocycles. The maximum atomic E-state index is 12.2. The van der Waals surface area contributed by atoms with E-state index in [1.807, 2.05) is 11.9 Å². The molecule has 0 atom stereocenters. The first-order chi connectivity index (χ1) is 12.2. The molecule has 0 spiro atoms. The Morgan fingerprint density at radius 2 is 1.64 bits per heavy atom. The van der Waals surface area contributed by atoms with Gasteiger partial charge in [0.25, 0.3) is 0 Å². The second-order valence-electron chi connectivity index (χ2n) is 7.49. The Labute approximate surface area is 152 Å². The van der Waals surface area contributed by atoms with Crippen LogP contribution in [0, 0.1) is 0 Å². The highest BCUT2D eigenvalue weighted by Gasteiger charge is 2.21. The van der Waals surface area contributed by atoms with Crippen LogP contribution in [0.4, 0.5) is 4.79 Å². The number of urea groups is 1. The van der Waals surface area contributed by atoms with E-state index in [1.165, 1.54) is 19.3 Å². The summed E-state index contributed by atoms with van der Waals surface area (Å²) in [6, 6.07) is 0.892. The van der Waals surface area contributed by atoms with Gasteiger partial charge in [0.2, 0.25) is 5.91 Å². The van der Waals surface area contributed by atoms with Gasteiger partial charge >= 0.3 is 6.03 Å². The number of amides is 3. The van der Waals surface area contributed by atoms with Crippen molar-refractivity contribution in [1.29, 1.82) is 0 Å². The van der Waals surface area contributed by atoms with Crippen molar-refractivity contribution in [3.05, 3.63) is 0 Å². The Kier molecular flexibility index (Phi) is 9.08. The van der Waals surface area contributed by atoms with Gasteiger partial charge in [-0.15, -0.1) is 0 Å². The number of rotatable bonds is 8. The molecule has 0 aromatic rings. The van der Waals surface area contributed by atoms with Crippen molar-refractivity contribution in [3.8, 4) is 0 Å². The van der Waals surface area contributed by atoms with Crippen LogP contribution in [0.5, 0.6) is 0 Å². The Morgan fingerprint density at radius 1 is 0.920 bits per heavy atom. The van der Waals surface area contributed by atoms with E-state index in [0.717, 1.165) is 58.0 Å². The monoisotopic (exact) mass is 352 g/mol. The fraction of sp³-hybridized carbons (Fsp3) is 0.895. The number of piperidine rings is 1. The van der Waals surface area contributed by atoms with E-state index in [2.05, 4.69) is 16.0 Å². The minimum atomic E-state index is -0.0321. The minimum Gasteiger partial charge on any atom is -0.343 e. The third-order valence-electron chi connectivity index (χ3n) is 5.55. The molecule has 1 aliphatic heterocycles. The van der Waals surface area contributed by atoms with Gasteiger partial charge in [-0.1, -0.05) is 25.7 Å². The second kappa shape index (κ2) is 11.3. The standard InChI is InChI=1S/C19H36N4O2/c1-20-16-11-14-23(15-12-16)18(24)10-6-3-7-13-21-19(25)22-17-8-4-2-5-9-17/h16-17,20H,2-15H2,1H3,(H2,21,22,25). The molecule has 2 aliphatic rings. The van der Waals surface area contributed by atoms with Gasteiger partial charge in [-0.05, 0) is 45.6 Å². The molecule has 2 rings (SSSR count). The molecule has 144 valence electrons. The van der Waals surface area contributed by atoms with Crippen molar-refractivity contribution >= 4 is 11.9 Å². The van der Waals surface area contributed by atoms with Crippen molar-refractivity contribution in [1.82, 2.24) is 20.9 Å². The first-order valence-electron chi connectivity index (χ1n) is 10.2. The molecule has 6 nitrogen and oxygen atoms in total. The normalized spacial score (nSPS) is 19.6. The zero-order chi connectivity index (χ0) is 17.9. The molecule has 0 radical (unpaired) electrons. The van der Waals surface area contributed by atoms with Gasteiger partial charge in [0.1, 0.15) is 0 Å². The van der Waals surface area contributed by atoms with Crippen LogP contribution >= 0.6 is 0 Å². The van der Waals surface area contributed by atoms with E-state index in [4.69, 9.17) is 0 Å². The van der Waals surface area contributed by atoms with Gasteiger partial charge in [0.15, 0.2) is 0 Å². The highest BCUT2D eigenvalue weighted by Crippen LogP contribution is 2.17. The summed E-state index contributed by atoms with van der Waals surface area (Å²) in [4.78, 5) is 26.0. The Bertz CT molecular complexity index is 402. The van der Waals surface area contributed by atoms with E-state index in [1.54, 1.807) is 0 Å².